The number of fused-ring (bicyclic) bond motifs is 3. The van der Waals surface area contributed by atoms with E-state index in [4.69, 9.17) is 11.6 Å². The molecular weight excluding hydrogens is 372 g/mol. The van der Waals surface area contributed by atoms with Crippen LogP contribution in [0.1, 0.15) is 35.0 Å². The molecule has 2 aromatic rings. The van der Waals surface area contributed by atoms with Crippen molar-refractivity contribution in [2.24, 2.45) is 0 Å². The molecule has 1 atom stereocenters. The summed E-state index contributed by atoms with van der Waals surface area (Å²) in [4.78, 5) is 18.3. The van der Waals surface area contributed by atoms with Gasteiger partial charge in [-0.05, 0) is 49.7 Å². The summed E-state index contributed by atoms with van der Waals surface area (Å²) in [5, 5.41) is 3.91. The van der Waals surface area contributed by atoms with Gasteiger partial charge in [0.15, 0.2) is 0 Å². The smallest absolute Gasteiger partial charge is 0.261 e. The van der Waals surface area contributed by atoms with E-state index in [0.717, 1.165) is 35.3 Å². The van der Waals surface area contributed by atoms with Gasteiger partial charge >= 0.3 is 0 Å². The maximum atomic E-state index is 12.6. The fourth-order valence-corrected chi connectivity index (χ4v) is 6.28. The number of halogens is 1. The third-order valence-electron chi connectivity index (χ3n) is 5.01. The molecule has 1 saturated heterocycles. The Kier molecular flexibility index (Phi) is 5.09. The molecule has 1 aromatic heterocycles. The van der Waals surface area contributed by atoms with Crippen LogP contribution in [0.15, 0.2) is 29.2 Å². The van der Waals surface area contributed by atoms with Gasteiger partial charge in [0, 0.05) is 38.7 Å². The van der Waals surface area contributed by atoms with Crippen molar-refractivity contribution >= 4 is 40.6 Å². The zero-order valence-corrected chi connectivity index (χ0v) is 16.6. The summed E-state index contributed by atoms with van der Waals surface area (Å²) in [6, 6.07) is 8.56. The number of rotatable bonds is 4. The summed E-state index contributed by atoms with van der Waals surface area (Å²) in [6.45, 7) is 5.15. The number of benzene rings is 1. The van der Waals surface area contributed by atoms with E-state index in [1.807, 2.05) is 12.1 Å². The van der Waals surface area contributed by atoms with Gasteiger partial charge in [-0.1, -0.05) is 24.6 Å². The molecule has 0 aliphatic carbocycles. The maximum Gasteiger partial charge on any atom is 0.261 e. The van der Waals surface area contributed by atoms with Crippen LogP contribution >= 0.6 is 34.7 Å². The van der Waals surface area contributed by atoms with Gasteiger partial charge in [-0.2, -0.15) is 0 Å². The minimum Gasteiger partial charge on any atom is -0.350 e. The summed E-state index contributed by atoms with van der Waals surface area (Å²) in [5.74, 6) is 0.960. The molecule has 0 radical (unpaired) electrons. The quantitative estimate of drug-likeness (QED) is 0.804. The van der Waals surface area contributed by atoms with E-state index in [-0.39, 0.29) is 5.91 Å². The summed E-state index contributed by atoms with van der Waals surface area (Å²) in [5.41, 5.74) is 2.46. The number of amides is 1. The van der Waals surface area contributed by atoms with E-state index < -0.39 is 0 Å². The predicted molar refractivity (Wildman–Crippen MR) is 107 cm³/mol. The Balaban J connectivity index is 1.49. The van der Waals surface area contributed by atoms with Crippen molar-refractivity contribution in [3.8, 4) is 10.4 Å². The second-order valence-corrected chi connectivity index (χ2v) is 9.03. The van der Waals surface area contributed by atoms with Crippen LogP contribution in [-0.2, 0) is 5.75 Å². The SMILES string of the molecule is CCN1CCCC1CNC(=O)c1cc2c(s1)-c1ccc(Cl)cc1SC2. The first-order chi connectivity index (χ1) is 12.2. The molecule has 0 saturated carbocycles. The molecule has 4 rings (SSSR count). The Labute approximate surface area is 161 Å². The average Bonchev–Trinajstić information content (AvgIpc) is 3.25. The number of nitrogens with one attached hydrogen (secondary N) is 1. The topological polar surface area (TPSA) is 32.3 Å². The minimum atomic E-state index is 0.0582. The Morgan fingerprint density at radius 1 is 1.40 bits per heavy atom. The third kappa shape index (κ3) is 3.47. The van der Waals surface area contributed by atoms with E-state index in [1.165, 1.54) is 33.7 Å². The highest BCUT2D eigenvalue weighted by Crippen LogP contribution is 2.46. The summed E-state index contributed by atoms with van der Waals surface area (Å²) < 4.78 is 0. The number of likely N-dealkylation sites (tertiary alicyclic amines) is 1. The van der Waals surface area contributed by atoms with Gasteiger partial charge in [-0.25, -0.2) is 0 Å². The highest BCUT2D eigenvalue weighted by molar-refractivity contribution is 7.98. The van der Waals surface area contributed by atoms with Crippen molar-refractivity contribution in [1.82, 2.24) is 10.2 Å². The normalized spacial score (nSPS) is 19.5. The van der Waals surface area contributed by atoms with Crippen LogP contribution in [0.25, 0.3) is 10.4 Å². The van der Waals surface area contributed by atoms with Gasteiger partial charge in [-0.15, -0.1) is 23.1 Å². The van der Waals surface area contributed by atoms with Crippen LogP contribution in [0.4, 0.5) is 0 Å². The Morgan fingerprint density at radius 3 is 3.12 bits per heavy atom. The number of carbonyl (C=O) groups is 1. The van der Waals surface area contributed by atoms with E-state index in [9.17, 15) is 4.79 Å². The zero-order chi connectivity index (χ0) is 17.4. The van der Waals surface area contributed by atoms with Crippen LogP contribution < -0.4 is 5.32 Å². The summed E-state index contributed by atoms with van der Waals surface area (Å²) in [7, 11) is 0. The number of likely N-dealkylation sites (N-methyl/N-ethyl adjacent to an activating group) is 1. The first-order valence-electron chi connectivity index (χ1n) is 8.73. The minimum absolute atomic E-state index is 0.0582. The first kappa shape index (κ1) is 17.4. The highest BCUT2D eigenvalue weighted by Gasteiger charge is 2.25. The molecule has 3 nitrogen and oxygen atoms in total. The van der Waals surface area contributed by atoms with Crippen molar-refractivity contribution in [2.75, 3.05) is 19.6 Å². The number of carbonyl (C=O) groups excluding carboxylic acids is 1. The predicted octanol–water partition coefficient (Wildman–Crippen LogP) is 4.89. The summed E-state index contributed by atoms with van der Waals surface area (Å²) >= 11 is 9.50. The maximum absolute atomic E-state index is 12.6. The van der Waals surface area contributed by atoms with E-state index in [2.05, 4.69) is 29.3 Å². The molecule has 1 N–H and O–H groups in total. The molecule has 25 heavy (non-hydrogen) atoms. The molecule has 1 amide bonds. The largest absolute Gasteiger partial charge is 0.350 e. The number of nitrogens with zero attached hydrogens (tertiary/aromatic N) is 1. The van der Waals surface area contributed by atoms with Gasteiger partial charge in [0.05, 0.1) is 4.88 Å². The molecule has 0 bridgehead atoms. The number of hydrogen-bond donors (Lipinski definition) is 1. The molecule has 0 spiro atoms. The van der Waals surface area contributed by atoms with Crippen LogP contribution in [0, 0.1) is 0 Å². The lowest BCUT2D eigenvalue weighted by Gasteiger charge is -2.22. The Bertz CT molecular complexity index is 805. The molecule has 2 aliphatic rings. The molecule has 2 aliphatic heterocycles. The van der Waals surface area contributed by atoms with Crippen LogP contribution in [0.5, 0.6) is 0 Å². The van der Waals surface area contributed by atoms with Crippen LogP contribution in [0.3, 0.4) is 0 Å². The molecule has 132 valence electrons. The molecule has 1 fully saturated rings. The van der Waals surface area contributed by atoms with Gasteiger partial charge in [-0.3, -0.25) is 9.69 Å². The molecule has 1 unspecified atom stereocenters. The highest BCUT2D eigenvalue weighted by atomic mass is 35.5. The van der Waals surface area contributed by atoms with E-state index in [1.54, 1.807) is 23.1 Å². The Hall–Kier alpha value is -1.01. The average molecular weight is 393 g/mol. The lowest BCUT2D eigenvalue weighted by Crippen LogP contribution is -2.39. The van der Waals surface area contributed by atoms with Crippen molar-refractivity contribution in [3.63, 3.8) is 0 Å². The standard InChI is InChI=1S/C19H21ClN2OS2/c1-2-22-7-3-4-14(22)10-21-19(23)17-8-12-11-24-16-9-13(20)5-6-15(16)18(12)25-17/h5-6,8-9,14H,2-4,7,10-11H2,1H3,(H,21,23). The van der Waals surface area contributed by atoms with Crippen molar-refractivity contribution < 1.29 is 4.79 Å². The first-order valence-corrected chi connectivity index (χ1v) is 10.9. The fraction of sp³-hybridized carbons (Fsp3) is 0.421. The van der Waals surface area contributed by atoms with Crippen molar-refractivity contribution in [2.45, 2.75) is 36.5 Å². The number of thioether (sulfide) groups is 1. The van der Waals surface area contributed by atoms with Crippen molar-refractivity contribution in [1.29, 1.82) is 0 Å². The lowest BCUT2D eigenvalue weighted by atomic mass is 10.1. The molecule has 6 heteroatoms. The van der Waals surface area contributed by atoms with Crippen molar-refractivity contribution in [3.05, 3.63) is 39.7 Å². The Morgan fingerprint density at radius 2 is 2.28 bits per heavy atom. The van der Waals surface area contributed by atoms with Gasteiger partial charge in [0.25, 0.3) is 5.91 Å². The van der Waals surface area contributed by atoms with Crippen LogP contribution in [-0.4, -0.2) is 36.5 Å². The number of hydrogen-bond acceptors (Lipinski definition) is 4. The number of thiophene rings is 1. The fourth-order valence-electron chi connectivity index (χ4n) is 3.67. The van der Waals surface area contributed by atoms with Gasteiger partial charge in [0.1, 0.15) is 0 Å². The molecule has 3 heterocycles. The van der Waals surface area contributed by atoms with Gasteiger partial charge in [0.2, 0.25) is 0 Å². The second kappa shape index (κ2) is 7.31. The third-order valence-corrected chi connectivity index (χ3v) is 7.56. The van der Waals surface area contributed by atoms with E-state index >= 15 is 0 Å². The monoisotopic (exact) mass is 392 g/mol. The second-order valence-electron chi connectivity index (χ2n) is 6.53. The van der Waals surface area contributed by atoms with Gasteiger partial charge < -0.3 is 5.32 Å². The van der Waals surface area contributed by atoms with Crippen LogP contribution in [0.2, 0.25) is 5.02 Å². The zero-order valence-electron chi connectivity index (χ0n) is 14.2. The molecule has 1 aromatic carbocycles. The summed E-state index contributed by atoms with van der Waals surface area (Å²) in [6.07, 6.45) is 2.41. The molecular formula is C19H21ClN2OS2. The lowest BCUT2D eigenvalue weighted by molar-refractivity contribution is 0.0945. The van der Waals surface area contributed by atoms with E-state index in [0.29, 0.717) is 6.04 Å².